The Bertz CT molecular complexity index is 533. The van der Waals surface area contributed by atoms with Crippen LogP contribution < -0.4 is 10.5 Å². The summed E-state index contributed by atoms with van der Waals surface area (Å²) < 4.78 is 18.9. The minimum Gasteiger partial charge on any atom is -0.492 e. The fourth-order valence-electron chi connectivity index (χ4n) is 1.87. The molecule has 0 aliphatic rings. The molecule has 2 aromatic rings. The number of thioether (sulfide) groups is 1. The average Bonchev–Trinajstić information content (AvgIpc) is 2.47. The van der Waals surface area contributed by atoms with Gasteiger partial charge in [0, 0.05) is 10.6 Å². The second kappa shape index (κ2) is 7.92. The third-order valence-corrected chi connectivity index (χ3v) is 3.77. The zero-order valence-electron chi connectivity index (χ0n) is 11.2. The largest absolute Gasteiger partial charge is 0.492 e. The van der Waals surface area contributed by atoms with Crippen molar-refractivity contribution in [3.8, 4) is 5.75 Å². The Morgan fingerprint density at radius 2 is 1.90 bits per heavy atom. The number of ether oxygens (including phenoxy) is 1. The van der Waals surface area contributed by atoms with Crippen molar-refractivity contribution in [1.29, 1.82) is 0 Å². The van der Waals surface area contributed by atoms with Crippen LogP contribution in [0.4, 0.5) is 4.39 Å². The van der Waals surface area contributed by atoms with Gasteiger partial charge < -0.3 is 10.5 Å². The van der Waals surface area contributed by atoms with Crippen molar-refractivity contribution in [2.24, 2.45) is 5.73 Å². The summed E-state index contributed by atoms with van der Waals surface area (Å²) in [7, 11) is 0. The van der Waals surface area contributed by atoms with Crippen molar-refractivity contribution in [2.45, 2.75) is 11.3 Å². The van der Waals surface area contributed by atoms with Gasteiger partial charge in [-0.15, -0.1) is 11.8 Å². The fraction of sp³-hybridized carbons (Fsp3) is 0.250. The SMILES string of the molecule is NCCc1cc(F)ccc1OCCSc1ccccc1. The predicted molar refractivity (Wildman–Crippen MR) is 81.8 cm³/mol. The Labute approximate surface area is 123 Å². The summed E-state index contributed by atoms with van der Waals surface area (Å²) in [6.07, 6.45) is 0.624. The van der Waals surface area contributed by atoms with Crippen molar-refractivity contribution >= 4 is 11.8 Å². The van der Waals surface area contributed by atoms with Crippen LogP contribution in [0.1, 0.15) is 5.56 Å². The maximum absolute atomic E-state index is 13.2. The molecule has 0 unspecified atom stereocenters. The molecule has 4 heteroatoms. The minimum absolute atomic E-state index is 0.250. The zero-order chi connectivity index (χ0) is 14.2. The van der Waals surface area contributed by atoms with Gasteiger partial charge in [0.25, 0.3) is 0 Å². The van der Waals surface area contributed by atoms with Gasteiger partial charge in [-0.05, 0) is 48.9 Å². The quantitative estimate of drug-likeness (QED) is 0.626. The number of halogens is 1. The maximum atomic E-state index is 13.2. The van der Waals surface area contributed by atoms with E-state index in [4.69, 9.17) is 10.5 Å². The molecule has 0 saturated carbocycles. The van der Waals surface area contributed by atoms with Gasteiger partial charge >= 0.3 is 0 Å². The first-order chi connectivity index (χ1) is 9.79. The van der Waals surface area contributed by atoms with Crippen molar-refractivity contribution in [2.75, 3.05) is 18.9 Å². The third kappa shape index (κ3) is 4.54. The van der Waals surface area contributed by atoms with Gasteiger partial charge in [-0.3, -0.25) is 0 Å². The summed E-state index contributed by atoms with van der Waals surface area (Å²) in [6, 6.07) is 14.8. The third-order valence-electron chi connectivity index (χ3n) is 2.79. The van der Waals surface area contributed by atoms with Crippen LogP contribution >= 0.6 is 11.8 Å². The molecule has 0 fully saturated rings. The minimum atomic E-state index is -0.250. The summed E-state index contributed by atoms with van der Waals surface area (Å²) in [5, 5.41) is 0. The zero-order valence-corrected chi connectivity index (χ0v) is 12.0. The van der Waals surface area contributed by atoms with Crippen molar-refractivity contribution in [3.63, 3.8) is 0 Å². The summed E-state index contributed by atoms with van der Waals surface area (Å²) >= 11 is 1.74. The molecule has 2 rings (SSSR count). The molecule has 0 spiro atoms. The van der Waals surface area contributed by atoms with Crippen LogP contribution in [0.3, 0.4) is 0 Å². The number of rotatable bonds is 7. The van der Waals surface area contributed by atoms with E-state index in [1.165, 1.54) is 17.0 Å². The predicted octanol–water partition coefficient (Wildman–Crippen LogP) is 3.50. The van der Waals surface area contributed by atoms with Gasteiger partial charge in [0.05, 0.1) is 6.61 Å². The summed E-state index contributed by atoms with van der Waals surface area (Å²) in [6.45, 7) is 1.07. The molecule has 0 atom stereocenters. The van der Waals surface area contributed by atoms with Gasteiger partial charge in [0.2, 0.25) is 0 Å². The van der Waals surface area contributed by atoms with E-state index in [1.807, 2.05) is 18.2 Å². The van der Waals surface area contributed by atoms with Crippen LogP contribution in [0.2, 0.25) is 0 Å². The van der Waals surface area contributed by atoms with Crippen LogP contribution in [0, 0.1) is 5.82 Å². The van der Waals surface area contributed by atoms with Crippen LogP contribution in [-0.2, 0) is 6.42 Å². The first-order valence-electron chi connectivity index (χ1n) is 6.59. The Morgan fingerprint density at radius 1 is 1.10 bits per heavy atom. The highest BCUT2D eigenvalue weighted by atomic mass is 32.2. The summed E-state index contributed by atoms with van der Waals surface area (Å²) in [4.78, 5) is 1.22. The molecule has 0 saturated heterocycles. The molecule has 0 aliphatic heterocycles. The molecule has 20 heavy (non-hydrogen) atoms. The van der Waals surface area contributed by atoms with Crippen LogP contribution in [-0.4, -0.2) is 18.9 Å². The van der Waals surface area contributed by atoms with Crippen molar-refractivity contribution in [1.82, 2.24) is 0 Å². The Hall–Kier alpha value is -1.52. The van der Waals surface area contributed by atoms with Gasteiger partial charge in [0.1, 0.15) is 11.6 Å². The van der Waals surface area contributed by atoms with Crippen LogP contribution in [0.5, 0.6) is 5.75 Å². The smallest absolute Gasteiger partial charge is 0.123 e. The van der Waals surface area contributed by atoms with E-state index < -0.39 is 0 Å². The molecule has 0 aliphatic carbocycles. The van der Waals surface area contributed by atoms with Gasteiger partial charge in [0.15, 0.2) is 0 Å². The van der Waals surface area contributed by atoms with Crippen LogP contribution in [0.15, 0.2) is 53.4 Å². The van der Waals surface area contributed by atoms with Gasteiger partial charge in [-0.25, -0.2) is 4.39 Å². The molecular formula is C16H18FNOS. The highest BCUT2D eigenvalue weighted by Crippen LogP contribution is 2.21. The van der Waals surface area contributed by atoms with E-state index in [0.29, 0.717) is 19.6 Å². The molecule has 2 aromatic carbocycles. The van der Waals surface area contributed by atoms with E-state index >= 15 is 0 Å². The second-order valence-corrected chi connectivity index (χ2v) is 5.47. The molecule has 0 amide bonds. The molecule has 0 aromatic heterocycles. The number of benzene rings is 2. The normalized spacial score (nSPS) is 10.5. The van der Waals surface area contributed by atoms with Crippen molar-refractivity contribution in [3.05, 3.63) is 59.9 Å². The van der Waals surface area contributed by atoms with E-state index in [9.17, 15) is 4.39 Å². The monoisotopic (exact) mass is 291 g/mol. The Morgan fingerprint density at radius 3 is 2.65 bits per heavy atom. The molecule has 0 bridgehead atoms. The number of hydrogen-bond acceptors (Lipinski definition) is 3. The summed E-state index contributed by atoms with van der Waals surface area (Å²) in [5.74, 6) is 1.33. The lowest BCUT2D eigenvalue weighted by atomic mass is 10.1. The van der Waals surface area contributed by atoms with Crippen molar-refractivity contribution < 1.29 is 9.13 Å². The topological polar surface area (TPSA) is 35.2 Å². The molecular weight excluding hydrogens is 273 g/mol. The number of nitrogens with two attached hydrogens (primary N) is 1. The molecule has 0 radical (unpaired) electrons. The highest BCUT2D eigenvalue weighted by molar-refractivity contribution is 7.99. The lowest BCUT2D eigenvalue weighted by Crippen LogP contribution is -2.07. The van der Waals surface area contributed by atoms with E-state index in [1.54, 1.807) is 17.8 Å². The molecule has 2 nitrogen and oxygen atoms in total. The molecule has 2 N–H and O–H groups in total. The van der Waals surface area contributed by atoms with Crippen LogP contribution in [0.25, 0.3) is 0 Å². The molecule has 106 valence electrons. The average molecular weight is 291 g/mol. The van der Waals surface area contributed by atoms with Gasteiger partial charge in [-0.2, -0.15) is 0 Å². The number of hydrogen-bond donors (Lipinski definition) is 1. The highest BCUT2D eigenvalue weighted by Gasteiger charge is 2.05. The first-order valence-corrected chi connectivity index (χ1v) is 7.57. The van der Waals surface area contributed by atoms with E-state index in [2.05, 4.69) is 12.1 Å². The van der Waals surface area contributed by atoms with Gasteiger partial charge in [-0.1, -0.05) is 18.2 Å². The second-order valence-electron chi connectivity index (χ2n) is 4.30. The first kappa shape index (κ1) is 14.9. The van der Waals surface area contributed by atoms with E-state index in [0.717, 1.165) is 17.1 Å². The Kier molecular flexibility index (Phi) is 5.89. The fourth-order valence-corrected chi connectivity index (χ4v) is 2.62. The maximum Gasteiger partial charge on any atom is 0.123 e. The summed E-state index contributed by atoms with van der Waals surface area (Å²) in [5.41, 5.74) is 6.36. The Balaban J connectivity index is 1.84. The standard InChI is InChI=1S/C16H18FNOS/c17-14-6-7-16(13(12-14)8-9-18)19-10-11-20-15-4-2-1-3-5-15/h1-7,12H,8-11,18H2. The lowest BCUT2D eigenvalue weighted by molar-refractivity contribution is 0.339. The molecule has 0 heterocycles. The lowest BCUT2D eigenvalue weighted by Gasteiger charge is -2.11. The van der Waals surface area contributed by atoms with E-state index in [-0.39, 0.29) is 5.82 Å².